The molecule has 270 valence electrons. The van der Waals surface area contributed by atoms with Crippen molar-refractivity contribution in [3.63, 3.8) is 0 Å². The lowest BCUT2D eigenvalue weighted by atomic mass is 10.1. The molecular formula is C35H39F4N9O3. The summed E-state index contributed by atoms with van der Waals surface area (Å²) in [7, 11) is 0. The first-order valence-electron chi connectivity index (χ1n) is 17.6. The maximum atomic E-state index is 15.0. The van der Waals surface area contributed by atoms with Crippen LogP contribution in [0.1, 0.15) is 25.7 Å². The zero-order chi connectivity index (χ0) is 34.9. The first-order chi connectivity index (χ1) is 24.6. The van der Waals surface area contributed by atoms with Crippen molar-refractivity contribution in [3.8, 4) is 11.4 Å². The van der Waals surface area contributed by atoms with Crippen LogP contribution in [0.2, 0.25) is 0 Å². The quantitative estimate of drug-likeness (QED) is 0.336. The van der Waals surface area contributed by atoms with Gasteiger partial charge < -0.3 is 34.8 Å². The van der Waals surface area contributed by atoms with Crippen molar-refractivity contribution in [2.45, 2.75) is 67.7 Å². The molecule has 2 amide bonds. The molecule has 6 heterocycles. The Morgan fingerprint density at radius 2 is 1.18 bits per heavy atom. The van der Waals surface area contributed by atoms with Gasteiger partial charge in [0, 0.05) is 67.7 Å². The molecule has 16 heteroatoms. The Labute approximate surface area is 292 Å². The van der Waals surface area contributed by atoms with E-state index in [1.54, 1.807) is 24.3 Å². The number of ether oxygens (including phenoxy) is 2. The number of halogens is 4. The van der Waals surface area contributed by atoms with Gasteiger partial charge in [-0.15, -0.1) is 0 Å². The number of benzene rings is 2. The summed E-state index contributed by atoms with van der Waals surface area (Å²) in [5.41, 5.74) is 2.77. The molecule has 2 N–H and O–H groups in total. The number of carbonyl (C=O) groups is 1. The molecule has 1 saturated carbocycles. The second kappa shape index (κ2) is 12.4. The number of anilines is 5. The van der Waals surface area contributed by atoms with Crippen molar-refractivity contribution in [2.75, 3.05) is 77.9 Å². The fraction of sp³-hybridized carbons (Fsp3) is 0.543. The van der Waals surface area contributed by atoms with Gasteiger partial charge in [0.25, 0.3) is 11.8 Å². The van der Waals surface area contributed by atoms with Crippen LogP contribution in [0.15, 0.2) is 48.5 Å². The summed E-state index contributed by atoms with van der Waals surface area (Å²) in [4.78, 5) is 34.5. The van der Waals surface area contributed by atoms with Crippen molar-refractivity contribution in [1.29, 1.82) is 0 Å². The van der Waals surface area contributed by atoms with Gasteiger partial charge in [0.15, 0.2) is 5.82 Å². The van der Waals surface area contributed by atoms with Crippen LogP contribution in [-0.4, -0.2) is 121 Å². The second-order valence-corrected chi connectivity index (χ2v) is 14.4. The lowest BCUT2D eigenvalue weighted by Gasteiger charge is -2.37. The molecule has 2 aromatic carbocycles. The highest BCUT2D eigenvalue weighted by molar-refractivity contribution is 6.00. The second-order valence-electron chi connectivity index (χ2n) is 14.4. The van der Waals surface area contributed by atoms with Crippen LogP contribution >= 0.6 is 0 Å². The van der Waals surface area contributed by atoms with Gasteiger partial charge in [0.1, 0.15) is 12.1 Å². The summed E-state index contributed by atoms with van der Waals surface area (Å²) >= 11 is 0. The zero-order valence-corrected chi connectivity index (χ0v) is 27.9. The third-order valence-corrected chi connectivity index (χ3v) is 11.0. The molecular weight excluding hydrogens is 670 g/mol. The standard InChI is InChI=1S/C35H39F4N9O3/c36-34(37)15-26-17-50-19-28(34)47(26)31-42-30(43-32(44-31)48-27-16-35(38,39)29(48)20-51-18-27)21-1-3-22(4-2-21)40-33(49)41-23-5-7-24(8-6-23)45-11-13-46(14-12-45)25-9-10-25/h1-8,25-29H,9-20H2,(H2,40,41,49). The number of urea groups is 1. The van der Waals surface area contributed by atoms with Crippen LogP contribution in [0.3, 0.4) is 0 Å². The molecule has 3 aromatic rings. The van der Waals surface area contributed by atoms with E-state index >= 15 is 17.6 Å². The van der Waals surface area contributed by atoms with Gasteiger partial charge in [-0.3, -0.25) is 4.90 Å². The van der Waals surface area contributed by atoms with Crippen molar-refractivity contribution < 1.29 is 31.8 Å². The minimum atomic E-state index is -3.03. The number of amides is 2. The molecule has 0 radical (unpaired) electrons. The molecule has 5 saturated heterocycles. The topological polar surface area (TPSA) is 111 Å². The maximum Gasteiger partial charge on any atom is 0.323 e. The number of hydrogen-bond acceptors (Lipinski definition) is 10. The molecule has 6 fully saturated rings. The molecule has 4 bridgehead atoms. The fourth-order valence-corrected chi connectivity index (χ4v) is 8.18. The molecule has 12 nitrogen and oxygen atoms in total. The summed E-state index contributed by atoms with van der Waals surface area (Å²) in [6.45, 7) is 3.87. The SMILES string of the molecule is O=C(Nc1ccc(-c2nc(N3C4COCC3C(F)(F)C4)nc(N3C4COCC3C(F)(F)C4)n2)cc1)Nc1ccc(N2CCN(C3CC3)CC2)cc1. The van der Waals surface area contributed by atoms with Gasteiger partial charge in [-0.25, -0.2) is 22.4 Å². The summed E-state index contributed by atoms with van der Waals surface area (Å²) in [5, 5.41) is 5.68. The van der Waals surface area contributed by atoms with E-state index in [2.05, 4.69) is 35.4 Å². The number of aromatic nitrogens is 3. The van der Waals surface area contributed by atoms with Crippen LogP contribution in [0.5, 0.6) is 0 Å². The first kappa shape index (κ1) is 32.6. The first-order valence-corrected chi connectivity index (χ1v) is 17.6. The highest BCUT2D eigenvalue weighted by atomic mass is 19.3. The number of alkyl halides is 4. The number of nitrogens with one attached hydrogen (secondary N) is 2. The Morgan fingerprint density at radius 1 is 0.667 bits per heavy atom. The summed E-state index contributed by atoms with van der Waals surface area (Å²) in [5.74, 6) is -5.93. The van der Waals surface area contributed by atoms with E-state index in [1.807, 2.05) is 24.3 Å². The number of morpholine rings is 2. The Balaban J connectivity index is 0.917. The minimum absolute atomic E-state index is 0.00667. The molecule has 5 aliphatic heterocycles. The molecule has 9 rings (SSSR count). The number of hydrogen-bond donors (Lipinski definition) is 2. The van der Waals surface area contributed by atoms with Crippen LogP contribution < -0.4 is 25.3 Å². The predicted molar refractivity (Wildman–Crippen MR) is 182 cm³/mol. The van der Waals surface area contributed by atoms with Crippen molar-refractivity contribution >= 4 is 35.0 Å². The average molecular weight is 710 g/mol. The minimum Gasteiger partial charge on any atom is -0.377 e. The predicted octanol–water partition coefficient (Wildman–Crippen LogP) is 4.69. The van der Waals surface area contributed by atoms with Crippen LogP contribution in [0.4, 0.5) is 51.3 Å². The van der Waals surface area contributed by atoms with Crippen LogP contribution in [0.25, 0.3) is 11.4 Å². The molecule has 4 atom stereocenters. The number of carbonyl (C=O) groups excluding carboxylic acids is 1. The van der Waals surface area contributed by atoms with Gasteiger partial charge in [0.05, 0.1) is 38.5 Å². The van der Waals surface area contributed by atoms with Crippen LogP contribution in [0, 0.1) is 0 Å². The van der Waals surface area contributed by atoms with Gasteiger partial charge in [-0.1, -0.05) is 0 Å². The normalized spacial score (nSPS) is 28.2. The smallest absolute Gasteiger partial charge is 0.323 e. The van der Waals surface area contributed by atoms with Crippen molar-refractivity contribution in [2.24, 2.45) is 0 Å². The van der Waals surface area contributed by atoms with Gasteiger partial charge >= 0.3 is 6.03 Å². The Kier molecular flexibility index (Phi) is 7.96. The largest absolute Gasteiger partial charge is 0.377 e. The number of nitrogens with zero attached hydrogens (tertiary/aromatic N) is 7. The van der Waals surface area contributed by atoms with Crippen molar-refractivity contribution in [3.05, 3.63) is 48.5 Å². The summed E-state index contributed by atoms with van der Waals surface area (Å²) < 4.78 is 70.9. The van der Waals surface area contributed by atoms with E-state index < -0.39 is 54.9 Å². The van der Waals surface area contributed by atoms with Gasteiger partial charge in [0.2, 0.25) is 11.9 Å². The van der Waals surface area contributed by atoms with E-state index in [9.17, 15) is 4.79 Å². The molecule has 6 aliphatic rings. The number of piperazine rings is 1. The van der Waals surface area contributed by atoms with Gasteiger partial charge in [-0.05, 0) is 61.4 Å². The van der Waals surface area contributed by atoms with E-state index in [4.69, 9.17) is 9.47 Å². The molecule has 51 heavy (non-hydrogen) atoms. The van der Waals surface area contributed by atoms with Crippen LogP contribution in [-0.2, 0) is 9.47 Å². The van der Waals surface area contributed by atoms with E-state index in [0.717, 1.165) is 37.9 Å². The van der Waals surface area contributed by atoms with E-state index in [0.29, 0.717) is 16.9 Å². The molecule has 1 aromatic heterocycles. The molecule has 0 spiro atoms. The molecule has 4 unspecified atom stereocenters. The Hall–Kier alpha value is -4.28. The Morgan fingerprint density at radius 3 is 1.67 bits per heavy atom. The zero-order valence-electron chi connectivity index (χ0n) is 27.9. The third-order valence-electron chi connectivity index (χ3n) is 11.0. The van der Waals surface area contributed by atoms with Gasteiger partial charge in [-0.2, -0.15) is 15.0 Å². The highest BCUT2D eigenvalue weighted by Crippen LogP contribution is 2.46. The summed E-state index contributed by atoms with van der Waals surface area (Å²) in [6.07, 6.45) is 1.80. The number of rotatable bonds is 7. The highest BCUT2D eigenvalue weighted by Gasteiger charge is 2.59. The molecule has 1 aliphatic carbocycles. The lowest BCUT2D eigenvalue weighted by molar-refractivity contribution is -0.0248. The lowest BCUT2D eigenvalue weighted by Crippen LogP contribution is -2.52. The maximum absolute atomic E-state index is 15.0. The van der Waals surface area contributed by atoms with E-state index in [1.165, 1.54) is 22.6 Å². The van der Waals surface area contributed by atoms with Crippen molar-refractivity contribution in [1.82, 2.24) is 19.9 Å². The van der Waals surface area contributed by atoms with E-state index in [-0.39, 0.29) is 44.1 Å². The Bertz CT molecular complexity index is 1710. The number of fused-ring (bicyclic) bond motifs is 4. The monoisotopic (exact) mass is 709 g/mol. The fourth-order valence-electron chi connectivity index (χ4n) is 8.18. The average Bonchev–Trinajstić information content (AvgIpc) is 3.93. The summed E-state index contributed by atoms with van der Waals surface area (Å²) in [6, 6.07) is 10.9. The third kappa shape index (κ3) is 6.20.